The first-order chi connectivity index (χ1) is 11.6. The molecule has 24 heavy (non-hydrogen) atoms. The summed E-state index contributed by atoms with van der Waals surface area (Å²) in [6.45, 7) is 4.25. The predicted molar refractivity (Wildman–Crippen MR) is 90.7 cm³/mol. The summed E-state index contributed by atoms with van der Waals surface area (Å²) in [4.78, 5) is 20.1. The number of hydrogen-bond acceptors (Lipinski definition) is 5. The van der Waals surface area contributed by atoms with E-state index >= 15 is 0 Å². The van der Waals surface area contributed by atoms with Crippen LogP contribution in [-0.4, -0.2) is 25.7 Å². The molecule has 7 nitrogen and oxygen atoms in total. The number of nitrogens with zero attached hydrogens (tertiary/aromatic N) is 4. The second-order valence-corrected chi connectivity index (χ2v) is 5.37. The van der Waals surface area contributed by atoms with Crippen molar-refractivity contribution in [3.05, 3.63) is 65.4 Å². The Labute approximate surface area is 139 Å². The number of benzene rings is 1. The second-order valence-electron chi connectivity index (χ2n) is 5.37. The molecule has 122 valence electrons. The van der Waals surface area contributed by atoms with E-state index < -0.39 is 0 Å². The summed E-state index contributed by atoms with van der Waals surface area (Å²) in [7, 11) is 0. The number of anilines is 1. The molecule has 0 aliphatic heterocycles. The molecule has 0 fully saturated rings. The van der Waals surface area contributed by atoms with Gasteiger partial charge < -0.3 is 11.1 Å². The molecule has 0 saturated carbocycles. The Bertz CT molecular complexity index is 872. The Balaban J connectivity index is 1.80. The molecule has 3 rings (SSSR count). The average molecular weight is 322 g/mol. The van der Waals surface area contributed by atoms with Crippen molar-refractivity contribution in [2.75, 3.05) is 5.73 Å². The maximum atomic E-state index is 12.2. The van der Waals surface area contributed by atoms with Gasteiger partial charge in [0, 0.05) is 30.2 Å². The maximum absolute atomic E-state index is 12.2. The Morgan fingerprint density at radius 3 is 2.58 bits per heavy atom. The van der Waals surface area contributed by atoms with E-state index in [-0.39, 0.29) is 17.4 Å². The van der Waals surface area contributed by atoms with Crippen LogP contribution in [0.25, 0.3) is 5.69 Å². The highest BCUT2D eigenvalue weighted by atomic mass is 16.1. The minimum absolute atomic E-state index is 0.114. The largest absolute Gasteiger partial charge is 0.382 e. The molecule has 0 radical (unpaired) electrons. The summed E-state index contributed by atoms with van der Waals surface area (Å²) < 4.78 is 1.87. The SMILES string of the molecule is Cc1nn(-c2ccccc2)c(C)c1CNC(=O)c1nccnc1N. The summed E-state index contributed by atoms with van der Waals surface area (Å²) >= 11 is 0. The highest BCUT2D eigenvalue weighted by Gasteiger charge is 2.16. The number of aryl methyl sites for hydroxylation is 1. The van der Waals surface area contributed by atoms with E-state index in [4.69, 9.17) is 5.73 Å². The van der Waals surface area contributed by atoms with Crippen molar-refractivity contribution < 1.29 is 4.79 Å². The summed E-state index contributed by atoms with van der Waals surface area (Å²) in [6.07, 6.45) is 2.89. The highest BCUT2D eigenvalue weighted by molar-refractivity contribution is 5.96. The van der Waals surface area contributed by atoms with Crippen LogP contribution in [0.5, 0.6) is 0 Å². The van der Waals surface area contributed by atoms with Crippen LogP contribution < -0.4 is 11.1 Å². The molecule has 0 spiro atoms. The van der Waals surface area contributed by atoms with Crippen LogP contribution in [0.4, 0.5) is 5.82 Å². The van der Waals surface area contributed by atoms with Gasteiger partial charge >= 0.3 is 0 Å². The lowest BCUT2D eigenvalue weighted by molar-refractivity contribution is 0.0946. The molecule has 1 aromatic carbocycles. The van der Waals surface area contributed by atoms with Gasteiger partial charge in [0.1, 0.15) is 0 Å². The summed E-state index contributed by atoms with van der Waals surface area (Å²) in [5, 5.41) is 7.39. The Kier molecular flexibility index (Phi) is 4.24. The third-order valence-corrected chi connectivity index (χ3v) is 3.81. The molecule has 0 bridgehead atoms. The zero-order chi connectivity index (χ0) is 17.1. The summed E-state index contributed by atoms with van der Waals surface area (Å²) in [5.74, 6) is -0.240. The van der Waals surface area contributed by atoms with Gasteiger partial charge in [0.15, 0.2) is 11.5 Å². The normalized spacial score (nSPS) is 10.6. The molecule has 7 heteroatoms. The van der Waals surface area contributed by atoms with Crippen LogP contribution >= 0.6 is 0 Å². The number of aromatic nitrogens is 4. The molecule has 3 aromatic rings. The van der Waals surface area contributed by atoms with Crippen molar-refractivity contribution in [3.63, 3.8) is 0 Å². The second kappa shape index (κ2) is 6.49. The number of hydrogen-bond donors (Lipinski definition) is 2. The van der Waals surface area contributed by atoms with Crippen molar-refractivity contribution in [2.24, 2.45) is 0 Å². The van der Waals surface area contributed by atoms with E-state index in [1.54, 1.807) is 0 Å². The van der Waals surface area contributed by atoms with E-state index in [0.717, 1.165) is 22.6 Å². The lowest BCUT2D eigenvalue weighted by Crippen LogP contribution is -2.25. The van der Waals surface area contributed by atoms with Gasteiger partial charge in [-0.1, -0.05) is 18.2 Å². The zero-order valence-corrected chi connectivity index (χ0v) is 13.5. The molecule has 0 aliphatic carbocycles. The lowest BCUT2D eigenvalue weighted by Gasteiger charge is -2.07. The quantitative estimate of drug-likeness (QED) is 0.763. The van der Waals surface area contributed by atoms with E-state index in [1.807, 2.05) is 48.9 Å². The van der Waals surface area contributed by atoms with Crippen LogP contribution in [0.15, 0.2) is 42.7 Å². The Hall–Kier alpha value is -3.22. The number of rotatable bonds is 4. The fourth-order valence-electron chi connectivity index (χ4n) is 2.53. The smallest absolute Gasteiger partial charge is 0.273 e. The highest BCUT2D eigenvalue weighted by Crippen LogP contribution is 2.17. The van der Waals surface area contributed by atoms with Crippen molar-refractivity contribution in [3.8, 4) is 5.69 Å². The van der Waals surface area contributed by atoms with E-state index in [2.05, 4.69) is 20.4 Å². The molecular formula is C17H18N6O. The number of carbonyl (C=O) groups is 1. The summed E-state index contributed by atoms with van der Waals surface area (Å²) in [5.41, 5.74) is 9.60. The van der Waals surface area contributed by atoms with Crippen molar-refractivity contribution in [1.82, 2.24) is 25.1 Å². The van der Waals surface area contributed by atoms with Gasteiger partial charge in [-0.2, -0.15) is 5.10 Å². The fraction of sp³-hybridized carbons (Fsp3) is 0.176. The maximum Gasteiger partial charge on any atom is 0.273 e. The van der Waals surface area contributed by atoms with Gasteiger partial charge in [-0.05, 0) is 26.0 Å². The first kappa shape index (κ1) is 15.7. The van der Waals surface area contributed by atoms with Crippen LogP contribution in [0.1, 0.15) is 27.4 Å². The van der Waals surface area contributed by atoms with Gasteiger partial charge in [0.25, 0.3) is 5.91 Å². The van der Waals surface area contributed by atoms with Crippen molar-refractivity contribution in [1.29, 1.82) is 0 Å². The van der Waals surface area contributed by atoms with Gasteiger partial charge in [-0.3, -0.25) is 4.79 Å². The van der Waals surface area contributed by atoms with Crippen LogP contribution in [0.3, 0.4) is 0 Å². The number of carbonyl (C=O) groups excluding carboxylic acids is 1. The van der Waals surface area contributed by atoms with E-state index in [1.165, 1.54) is 12.4 Å². The lowest BCUT2D eigenvalue weighted by atomic mass is 10.2. The minimum atomic E-state index is -0.355. The number of nitrogens with one attached hydrogen (secondary N) is 1. The predicted octanol–water partition coefficient (Wildman–Crippen LogP) is 1.79. The van der Waals surface area contributed by atoms with Crippen LogP contribution in [0, 0.1) is 13.8 Å². The third-order valence-electron chi connectivity index (χ3n) is 3.81. The number of nitrogens with two attached hydrogens (primary N) is 1. The Morgan fingerprint density at radius 2 is 1.88 bits per heavy atom. The molecule has 2 heterocycles. The van der Waals surface area contributed by atoms with Gasteiger partial charge in [-0.15, -0.1) is 0 Å². The molecule has 3 N–H and O–H groups in total. The molecule has 0 atom stereocenters. The molecule has 1 amide bonds. The first-order valence-electron chi connectivity index (χ1n) is 7.53. The zero-order valence-electron chi connectivity index (χ0n) is 13.5. The number of nitrogen functional groups attached to an aromatic ring is 1. The van der Waals surface area contributed by atoms with Gasteiger partial charge in [-0.25, -0.2) is 14.6 Å². The number of para-hydroxylation sites is 1. The van der Waals surface area contributed by atoms with Crippen molar-refractivity contribution >= 4 is 11.7 Å². The molecule has 0 saturated heterocycles. The van der Waals surface area contributed by atoms with Crippen LogP contribution in [0.2, 0.25) is 0 Å². The third kappa shape index (κ3) is 2.96. The standard InChI is InChI=1S/C17H18N6O/c1-11-14(10-21-17(24)15-16(18)20-9-8-19-15)12(2)23(22-11)13-6-4-3-5-7-13/h3-9H,10H2,1-2H3,(H2,18,20)(H,21,24). The molecule has 0 aliphatic rings. The average Bonchev–Trinajstić information content (AvgIpc) is 2.88. The molecular weight excluding hydrogens is 304 g/mol. The fourth-order valence-corrected chi connectivity index (χ4v) is 2.53. The van der Waals surface area contributed by atoms with Crippen molar-refractivity contribution in [2.45, 2.75) is 20.4 Å². The molecule has 0 unspecified atom stereocenters. The van der Waals surface area contributed by atoms with Gasteiger partial charge in [0.05, 0.1) is 11.4 Å². The van der Waals surface area contributed by atoms with E-state index in [0.29, 0.717) is 6.54 Å². The minimum Gasteiger partial charge on any atom is -0.382 e. The van der Waals surface area contributed by atoms with Gasteiger partial charge in [0.2, 0.25) is 0 Å². The molecule has 2 aromatic heterocycles. The number of amides is 1. The topological polar surface area (TPSA) is 98.7 Å². The van der Waals surface area contributed by atoms with Crippen LogP contribution in [-0.2, 0) is 6.54 Å². The Morgan fingerprint density at radius 1 is 1.17 bits per heavy atom. The monoisotopic (exact) mass is 322 g/mol. The first-order valence-corrected chi connectivity index (χ1v) is 7.53. The van der Waals surface area contributed by atoms with E-state index in [9.17, 15) is 4.79 Å². The summed E-state index contributed by atoms with van der Waals surface area (Å²) in [6, 6.07) is 9.86.